The van der Waals surface area contributed by atoms with E-state index in [1.165, 1.54) is 0 Å². The summed E-state index contributed by atoms with van der Waals surface area (Å²) in [6, 6.07) is 4.15. The van der Waals surface area contributed by atoms with Crippen molar-refractivity contribution in [2.24, 2.45) is 0 Å². The highest BCUT2D eigenvalue weighted by Crippen LogP contribution is 2.22. The second kappa shape index (κ2) is 6.48. The molecule has 1 fully saturated rings. The Morgan fingerprint density at radius 1 is 1.30 bits per heavy atom. The van der Waals surface area contributed by atoms with Gasteiger partial charge in [0, 0.05) is 25.0 Å². The smallest absolute Gasteiger partial charge is 0.227 e. The zero-order valence-corrected chi connectivity index (χ0v) is 14.0. The van der Waals surface area contributed by atoms with Gasteiger partial charge in [-0.3, -0.25) is 9.78 Å². The Kier molecular flexibility index (Phi) is 4.41. The van der Waals surface area contributed by atoms with Crippen LogP contribution in [-0.2, 0) is 11.2 Å². The molecule has 0 aliphatic carbocycles. The summed E-state index contributed by atoms with van der Waals surface area (Å²) >= 11 is 0. The molecule has 1 aliphatic rings. The molecular weight excluding hydrogens is 290 g/mol. The minimum Gasteiger partial charge on any atom is -0.340 e. The summed E-state index contributed by atoms with van der Waals surface area (Å²) in [7, 11) is 0. The quantitative estimate of drug-likeness (QED) is 0.869. The summed E-state index contributed by atoms with van der Waals surface area (Å²) in [5.41, 5.74) is 1.94. The molecule has 0 N–H and O–H groups in total. The number of carbonyl (C=O) groups is 1. The van der Waals surface area contributed by atoms with E-state index in [1.54, 1.807) is 6.20 Å². The van der Waals surface area contributed by atoms with Gasteiger partial charge in [0.25, 0.3) is 0 Å². The van der Waals surface area contributed by atoms with Crippen LogP contribution in [0.15, 0.2) is 18.3 Å². The van der Waals surface area contributed by atoms with E-state index < -0.39 is 0 Å². The molecule has 1 atom stereocenters. The molecule has 1 unspecified atom stereocenters. The number of likely N-dealkylation sites (tertiary alicyclic amines) is 1. The van der Waals surface area contributed by atoms with Gasteiger partial charge in [0.15, 0.2) is 0 Å². The molecule has 3 rings (SSSR count). The molecule has 1 amide bonds. The van der Waals surface area contributed by atoms with Crippen molar-refractivity contribution in [2.45, 2.75) is 46.1 Å². The first-order valence-electron chi connectivity index (χ1n) is 8.12. The number of aromatic nitrogens is 4. The Bertz CT molecular complexity index is 692. The monoisotopic (exact) mass is 313 g/mol. The highest BCUT2D eigenvalue weighted by molar-refractivity contribution is 5.78. The summed E-state index contributed by atoms with van der Waals surface area (Å²) in [6.07, 6.45) is 4.25. The fourth-order valence-electron chi connectivity index (χ4n) is 3.15. The van der Waals surface area contributed by atoms with Crippen LogP contribution in [0.5, 0.6) is 0 Å². The van der Waals surface area contributed by atoms with Crippen LogP contribution in [0, 0.1) is 20.8 Å². The molecule has 6 nitrogen and oxygen atoms in total. The molecule has 1 saturated heterocycles. The van der Waals surface area contributed by atoms with Crippen LogP contribution < -0.4 is 0 Å². The van der Waals surface area contributed by atoms with Gasteiger partial charge in [-0.05, 0) is 45.2 Å². The van der Waals surface area contributed by atoms with E-state index in [9.17, 15) is 4.79 Å². The zero-order valence-electron chi connectivity index (χ0n) is 14.0. The molecule has 0 bridgehead atoms. The van der Waals surface area contributed by atoms with E-state index in [0.717, 1.165) is 42.3 Å². The van der Waals surface area contributed by atoms with Gasteiger partial charge in [0.1, 0.15) is 11.6 Å². The van der Waals surface area contributed by atoms with Gasteiger partial charge >= 0.3 is 0 Å². The zero-order chi connectivity index (χ0) is 16.4. The molecule has 0 aromatic carbocycles. The Balaban J connectivity index is 1.67. The lowest BCUT2D eigenvalue weighted by atomic mass is 10.0. The average molecular weight is 313 g/mol. The third-order valence-corrected chi connectivity index (χ3v) is 4.33. The molecule has 6 heteroatoms. The van der Waals surface area contributed by atoms with Crippen molar-refractivity contribution in [2.75, 3.05) is 13.1 Å². The maximum atomic E-state index is 12.6. The van der Waals surface area contributed by atoms with Crippen LogP contribution >= 0.6 is 0 Å². The molecular formula is C17H23N5O. The highest BCUT2D eigenvalue weighted by atomic mass is 16.2. The topological polar surface area (TPSA) is 63.9 Å². The van der Waals surface area contributed by atoms with Crippen molar-refractivity contribution >= 4 is 5.91 Å². The first kappa shape index (κ1) is 15.6. The summed E-state index contributed by atoms with van der Waals surface area (Å²) in [5, 5.41) is 4.48. The van der Waals surface area contributed by atoms with Gasteiger partial charge in [-0.15, -0.1) is 0 Å². The Morgan fingerprint density at radius 2 is 2.13 bits per heavy atom. The Labute approximate surface area is 136 Å². The fraction of sp³-hybridized carbons (Fsp3) is 0.529. The molecule has 0 radical (unpaired) electrons. The van der Waals surface area contributed by atoms with Crippen molar-refractivity contribution in [1.82, 2.24) is 24.6 Å². The van der Waals surface area contributed by atoms with Crippen molar-refractivity contribution in [3.63, 3.8) is 0 Å². The highest BCUT2D eigenvalue weighted by Gasteiger charge is 2.26. The number of rotatable bonds is 3. The SMILES string of the molecule is Cc1ccc(CC(=O)N2CCCC(n3nc(C)nc3C)C2)cn1. The van der Waals surface area contributed by atoms with E-state index in [0.29, 0.717) is 13.0 Å². The van der Waals surface area contributed by atoms with E-state index in [-0.39, 0.29) is 11.9 Å². The minimum absolute atomic E-state index is 0.162. The molecule has 122 valence electrons. The maximum absolute atomic E-state index is 12.6. The summed E-state index contributed by atoms with van der Waals surface area (Å²) < 4.78 is 1.97. The van der Waals surface area contributed by atoms with E-state index in [1.807, 2.05) is 42.5 Å². The lowest BCUT2D eigenvalue weighted by molar-refractivity contribution is -0.132. The summed E-state index contributed by atoms with van der Waals surface area (Å²) in [5.74, 6) is 1.87. The molecule has 3 heterocycles. The van der Waals surface area contributed by atoms with E-state index in [2.05, 4.69) is 15.1 Å². The molecule has 23 heavy (non-hydrogen) atoms. The van der Waals surface area contributed by atoms with Gasteiger partial charge < -0.3 is 4.90 Å². The van der Waals surface area contributed by atoms with Crippen LogP contribution in [0.2, 0.25) is 0 Å². The Morgan fingerprint density at radius 3 is 2.78 bits per heavy atom. The van der Waals surface area contributed by atoms with Crippen molar-refractivity contribution in [1.29, 1.82) is 0 Å². The van der Waals surface area contributed by atoms with Crippen LogP contribution in [0.4, 0.5) is 0 Å². The van der Waals surface area contributed by atoms with Gasteiger partial charge in [0.2, 0.25) is 5.91 Å². The molecule has 0 spiro atoms. The average Bonchev–Trinajstić information content (AvgIpc) is 2.88. The largest absolute Gasteiger partial charge is 0.340 e. The fourth-order valence-corrected chi connectivity index (χ4v) is 3.15. The van der Waals surface area contributed by atoms with Crippen molar-refractivity contribution < 1.29 is 4.79 Å². The number of hydrogen-bond donors (Lipinski definition) is 0. The molecule has 2 aromatic heterocycles. The molecule has 2 aromatic rings. The predicted molar refractivity (Wildman–Crippen MR) is 87.0 cm³/mol. The molecule has 0 saturated carbocycles. The van der Waals surface area contributed by atoms with Crippen LogP contribution in [0.3, 0.4) is 0 Å². The number of piperidine rings is 1. The van der Waals surface area contributed by atoms with E-state index >= 15 is 0 Å². The third kappa shape index (κ3) is 3.57. The number of carbonyl (C=O) groups excluding carboxylic acids is 1. The first-order valence-corrected chi connectivity index (χ1v) is 8.12. The first-order chi connectivity index (χ1) is 11.0. The van der Waals surface area contributed by atoms with Gasteiger partial charge in [-0.1, -0.05) is 6.07 Å². The number of pyridine rings is 1. The second-order valence-electron chi connectivity index (χ2n) is 6.27. The van der Waals surface area contributed by atoms with Crippen LogP contribution in [0.25, 0.3) is 0 Å². The summed E-state index contributed by atoms with van der Waals surface area (Å²) in [6.45, 7) is 7.35. The van der Waals surface area contributed by atoms with Crippen molar-refractivity contribution in [3.05, 3.63) is 41.2 Å². The maximum Gasteiger partial charge on any atom is 0.227 e. The van der Waals surface area contributed by atoms with E-state index in [4.69, 9.17) is 0 Å². The van der Waals surface area contributed by atoms with Gasteiger partial charge in [0.05, 0.1) is 12.5 Å². The lowest BCUT2D eigenvalue weighted by Gasteiger charge is -2.33. The third-order valence-electron chi connectivity index (χ3n) is 4.33. The number of nitrogens with zero attached hydrogens (tertiary/aromatic N) is 5. The van der Waals surface area contributed by atoms with Crippen LogP contribution in [0.1, 0.15) is 41.8 Å². The predicted octanol–water partition coefficient (Wildman–Crippen LogP) is 2.00. The number of aryl methyl sites for hydroxylation is 3. The Hall–Kier alpha value is -2.24. The van der Waals surface area contributed by atoms with Crippen LogP contribution in [-0.4, -0.2) is 43.6 Å². The number of hydrogen-bond acceptors (Lipinski definition) is 4. The normalized spacial score (nSPS) is 18.2. The number of amides is 1. The standard InChI is InChI=1S/C17H23N5O/c1-12-6-7-15(10-18-12)9-17(23)21-8-4-5-16(11-21)22-14(3)19-13(2)20-22/h6-7,10,16H,4-5,8-9,11H2,1-3H3. The van der Waals surface area contributed by atoms with Gasteiger partial charge in [-0.25, -0.2) is 9.67 Å². The summed E-state index contributed by atoms with van der Waals surface area (Å²) in [4.78, 5) is 23.2. The minimum atomic E-state index is 0.162. The lowest BCUT2D eigenvalue weighted by Crippen LogP contribution is -2.41. The van der Waals surface area contributed by atoms with Gasteiger partial charge in [-0.2, -0.15) is 5.10 Å². The molecule has 1 aliphatic heterocycles. The second-order valence-corrected chi connectivity index (χ2v) is 6.27. The van der Waals surface area contributed by atoms with Crippen molar-refractivity contribution in [3.8, 4) is 0 Å².